The van der Waals surface area contributed by atoms with Crippen molar-refractivity contribution in [3.05, 3.63) is 0 Å². The number of hydrogen-bond acceptors (Lipinski definition) is 2. The maximum absolute atomic E-state index is 12.0. The van der Waals surface area contributed by atoms with E-state index in [-0.39, 0.29) is 12.4 Å². The van der Waals surface area contributed by atoms with E-state index in [1.807, 2.05) is 4.90 Å². The topological polar surface area (TPSA) is 32.3 Å². The molecule has 1 heterocycles. The van der Waals surface area contributed by atoms with Gasteiger partial charge in [0.15, 0.2) is 0 Å². The fourth-order valence-electron chi connectivity index (χ4n) is 2.48. The highest BCUT2D eigenvalue weighted by molar-refractivity contribution is 5.85. The van der Waals surface area contributed by atoms with Crippen molar-refractivity contribution in [2.45, 2.75) is 51.5 Å². The van der Waals surface area contributed by atoms with Crippen molar-refractivity contribution in [2.24, 2.45) is 5.92 Å². The lowest BCUT2D eigenvalue weighted by Crippen LogP contribution is -2.34. The second kappa shape index (κ2) is 7.22. The molecule has 1 amide bonds. The van der Waals surface area contributed by atoms with Crippen LogP contribution >= 0.6 is 12.4 Å². The molecule has 2 rings (SSSR count). The van der Waals surface area contributed by atoms with Gasteiger partial charge in [-0.3, -0.25) is 4.79 Å². The van der Waals surface area contributed by atoms with Crippen LogP contribution in [0.5, 0.6) is 0 Å². The van der Waals surface area contributed by atoms with Crippen molar-refractivity contribution in [3.63, 3.8) is 0 Å². The number of amides is 1. The van der Waals surface area contributed by atoms with E-state index in [1.54, 1.807) is 0 Å². The number of nitrogens with one attached hydrogen (secondary N) is 1. The SMILES string of the molecule is CCN(CC1CC1)C(=O)CCC1CCCN1.Cl. The molecule has 100 valence electrons. The van der Waals surface area contributed by atoms with Gasteiger partial charge in [0.05, 0.1) is 0 Å². The number of carbonyl (C=O) groups is 1. The van der Waals surface area contributed by atoms with Gasteiger partial charge in [0.25, 0.3) is 0 Å². The van der Waals surface area contributed by atoms with Gasteiger partial charge in [0.2, 0.25) is 5.91 Å². The summed E-state index contributed by atoms with van der Waals surface area (Å²) < 4.78 is 0. The number of nitrogens with zero attached hydrogens (tertiary/aromatic N) is 1. The van der Waals surface area contributed by atoms with Crippen molar-refractivity contribution in [3.8, 4) is 0 Å². The summed E-state index contributed by atoms with van der Waals surface area (Å²) in [4.78, 5) is 14.0. The van der Waals surface area contributed by atoms with E-state index < -0.39 is 0 Å². The summed E-state index contributed by atoms with van der Waals surface area (Å²) in [5.41, 5.74) is 0. The summed E-state index contributed by atoms with van der Waals surface area (Å²) in [5.74, 6) is 1.18. The predicted octanol–water partition coefficient (Wildman–Crippen LogP) is 2.20. The molecule has 4 heteroatoms. The van der Waals surface area contributed by atoms with Gasteiger partial charge >= 0.3 is 0 Å². The molecule has 3 nitrogen and oxygen atoms in total. The van der Waals surface area contributed by atoms with Crippen molar-refractivity contribution < 1.29 is 4.79 Å². The van der Waals surface area contributed by atoms with Crippen LogP contribution in [0.25, 0.3) is 0 Å². The smallest absolute Gasteiger partial charge is 0.222 e. The summed E-state index contributed by atoms with van der Waals surface area (Å²) in [7, 11) is 0. The third-order valence-corrected chi connectivity index (χ3v) is 3.78. The summed E-state index contributed by atoms with van der Waals surface area (Å²) >= 11 is 0. The summed E-state index contributed by atoms with van der Waals surface area (Å²) in [6, 6.07) is 0.601. The first kappa shape index (κ1) is 14.8. The van der Waals surface area contributed by atoms with Crippen LogP contribution in [0, 0.1) is 5.92 Å². The second-order valence-corrected chi connectivity index (χ2v) is 5.21. The molecule has 2 fully saturated rings. The normalized spacial score (nSPS) is 23.2. The molecule has 0 aromatic rings. The van der Waals surface area contributed by atoms with Crippen LogP contribution in [-0.4, -0.2) is 36.5 Å². The first-order valence-electron chi connectivity index (χ1n) is 6.80. The van der Waals surface area contributed by atoms with Crippen molar-refractivity contribution in [1.82, 2.24) is 10.2 Å². The maximum atomic E-state index is 12.0. The first-order valence-corrected chi connectivity index (χ1v) is 6.80. The first-order chi connectivity index (χ1) is 7.79. The third kappa shape index (κ3) is 4.84. The second-order valence-electron chi connectivity index (χ2n) is 5.21. The van der Waals surface area contributed by atoms with E-state index in [0.29, 0.717) is 11.9 Å². The quantitative estimate of drug-likeness (QED) is 0.794. The maximum Gasteiger partial charge on any atom is 0.222 e. The molecule has 1 saturated carbocycles. The molecule has 0 radical (unpaired) electrons. The van der Waals surface area contributed by atoms with Crippen LogP contribution in [-0.2, 0) is 4.79 Å². The highest BCUT2D eigenvalue weighted by Gasteiger charge is 2.26. The van der Waals surface area contributed by atoms with Gasteiger partial charge in [-0.25, -0.2) is 0 Å². The van der Waals surface area contributed by atoms with Crippen LogP contribution in [0.15, 0.2) is 0 Å². The number of halogens is 1. The molecule has 1 atom stereocenters. The molecule has 1 aliphatic heterocycles. The minimum atomic E-state index is 0. The summed E-state index contributed by atoms with van der Waals surface area (Å²) in [6.07, 6.45) is 6.95. The molecule has 0 aromatic heterocycles. The zero-order valence-corrected chi connectivity index (χ0v) is 11.6. The predicted molar refractivity (Wildman–Crippen MR) is 72.5 cm³/mol. The van der Waals surface area contributed by atoms with Crippen LogP contribution in [0.1, 0.15) is 45.4 Å². The standard InChI is InChI=1S/C13H24N2O.ClH/c1-2-15(10-11-5-6-11)13(16)8-7-12-4-3-9-14-12;/h11-12,14H,2-10H2,1H3;1H. The fourth-order valence-corrected chi connectivity index (χ4v) is 2.48. The lowest BCUT2D eigenvalue weighted by Gasteiger charge is -2.21. The summed E-state index contributed by atoms with van der Waals surface area (Å²) in [5, 5.41) is 3.45. The van der Waals surface area contributed by atoms with Crippen molar-refractivity contribution in [1.29, 1.82) is 0 Å². The number of carbonyl (C=O) groups excluding carboxylic acids is 1. The molecule has 0 bridgehead atoms. The Morgan fingerprint density at radius 1 is 1.35 bits per heavy atom. The van der Waals surface area contributed by atoms with Gasteiger partial charge in [-0.05, 0) is 51.5 Å². The average molecular weight is 261 g/mol. The molecule has 1 aliphatic carbocycles. The van der Waals surface area contributed by atoms with E-state index >= 15 is 0 Å². The van der Waals surface area contributed by atoms with Gasteiger partial charge < -0.3 is 10.2 Å². The molecule has 17 heavy (non-hydrogen) atoms. The highest BCUT2D eigenvalue weighted by Crippen LogP contribution is 2.29. The van der Waals surface area contributed by atoms with Gasteiger partial charge in [-0.2, -0.15) is 0 Å². The van der Waals surface area contributed by atoms with Crippen LogP contribution < -0.4 is 5.32 Å². The van der Waals surface area contributed by atoms with Crippen LogP contribution in [0.4, 0.5) is 0 Å². The Hall–Kier alpha value is -0.280. The average Bonchev–Trinajstić information content (AvgIpc) is 2.96. The van der Waals surface area contributed by atoms with Gasteiger partial charge in [-0.1, -0.05) is 0 Å². The summed E-state index contributed by atoms with van der Waals surface area (Å²) in [6.45, 7) is 5.12. The Kier molecular flexibility index (Phi) is 6.28. The monoisotopic (exact) mass is 260 g/mol. The Labute approximate surface area is 111 Å². The van der Waals surface area contributed by atoms with Crippen molar-refractivity contribution in [2.75, 3.05) is 19.6 Å². The zero-order chi connectivity index (χ0) is 11.4. The van der Waals surface area contributed by atoms with Gasteiger partial charge in [0.1, 0.15) is 0 Å². The molecule has 2 aliphatic rings. The lowest BCUT2D eigenvalue weighted by atomic mass is 10.1. The van der Waals surface area contributed by atoms with E-state index in [4.69, 9.17) is 0 Å². The molecular formula is C13H25ClN2O. The molecule has 0 aromatic carbocycles. The highest BCUT2D eigenvalue weighted by atomic mass is 35.5. The molecule has 1 N–H and O–H groups in total. The minimum absolute atomic E-state index is 0. The van der Waals surface area contributed by atoms with Gasteiger partial charge in [-0.15, -0.1) is 12.4 Å². The minimum Gasteiger partial charge on any atom is -0.343 e. The Balaban J connectivity index is 0.00000144. The van der Waals surface area contributed by atoms with E-state index in [9.17, 15) is 4.79 Å². The molecular weight excluding hydrogens is 236 g/mol. The van der Waals surface area contributed by atoms with E-state index in [0.717, 1.165) is 38.4 Å². The molecule has 1 saturated heterocycles. The van der Waals surface area contributed by atoms with Crippen LogP contribution in [0.2, 0.25) is 0 Å². The van der Waals surface area contributed by atoms with Crippen molar-refractivity contribution >= 4 is 18.3 Å². The fraction of sp³-hybridized carbons (Fsp3) is 0.923. The number of rotatable bonds is 6. The molecule has 0 spiro atoms. The third-order valence-electron chi connectivity index (χ3n) is 3.78. The number of hydrogen-bond donors (Lipinski definition) is 1. The van der Waals surface area contributed by atoms with E-state index in [2.05, 4.69) is 12.2 Å². The largest absolute Gasteiger partial charge is 0.343 e. The Bertz CT molecular complexity index is 238. The Morgan fingerprint density at radius 3 is 2.65 bits per heavy atom. The van der Waals surface area contributed by atoms with Gasteiger partial charge in [0, 0.05) is 25.6 Å². The van der Waals surface area contributed by atoms with E-state index in [1.165, 1.54) is 25.7 Å². The zero-order valence-electron chi connectivity index (χ0n) is 10.8. The molecule has 1 unspecified atom stereocenters. The lowest BCUT2D eigenvalue weighted by molar-refractivity contribution is -0.131. The Morgan fingerprint density at radius 2 is 2.12 bits per heavy atom. The van der Waals surface area contributed by atoms with Crippen LogP contribution in [0.3, 0.4) is 0 Å².